The maximum Gasteiger partial charge on any atom is 0.522 e. The minimum atomic E-state index is -5.65. The van der Waals surface area contributed by atoms with E-state index in [2.05, 4.69) is 3.87 Å². The van der Waals surface area contributed by atoms with Crippen LogP contribution >= 0.6 is 0 Å². The Bertz CT molecular complexity index is 648. The Hall–Kier alpha value is -1.64. The van der Waals surface area contributed by atoms with E-state index in [0.717, 1.165) is 0 Å². The van der Waals surface area contributed by atoms with Crippen molar-refractivity contribution < 1.29 is 25.5 Å². The van der Waals surface area contributed by atoms with Crippen LogP contribution in [0.1, 0.15) is 0 Å². The van der Waals surface area contributed by atoms with E-state index < -0.39 is 24.7 Å². The summed E-state index contributed by atoms with van der Waals surface area (Å²) < 4.78 is 64.7. The minimum absolute atomic E-state index is 0.418. The van der Waals surface area contributed by atoms with Crippen LogP contribution in [-0.4, -0.2) is 23.0 Å². The van der Waals surface area contributed by atoms with Crippen LogP contribution in [0.3, 0.4) is 0 Å². The van der Waals surface area contributed by atoms with Gasteiger partial charge in [-0.2, -0.15) is 21.6 Å². The largest absolute Gasteiger partial charge is 0.522 e. The molecule has 0 saturated carbocycles. The fourth-order valence-corrected chi connectivity index (χ4v) is 4.95. The number of hydrogen-bond donors (Lipinski definition) is 0. The molecule has 111 valence electrons. The normalized spacial score (nSPS) is 12.6. The van der Waals surface area contributed by atoms with Gasteiger partial charge in [-0.3, -0.25) is 3.87 Å². The van der Waals surface area contributed by atoms with Crippen LogP contribution < -0.4 is 10.4 Å². The molecule has 0 aliphatic rings. The zero-order chi connectivity index (χ0) is 15.5. The van der Waals surface area contributed by atoms with E-state index in [0.29, 0.717) is 10.4 Å². The average Bonchev–Trinajstić information content (AvgIpc) is 2.45. The summed E-state index contributed by atoms with van der Waals surface area (Å²) in [6, 6.07) is 16.0. The van der Waals surface area contributed by atoms with Gasteiger partial charge in [0.25, 0.3) is 0 Å². The second-order valence-electron chi connectivity index (χ2n) is 4.04. The summed E-state index contributed by atoms with van der Waals surface area (Å²) in [6.45, 7) is 0. The predicted octanol–water partition coefficient (Wildman–Crippen LogP) is 1.66. The van der Waals surface area contributed by atoms with E-state index in [-0.39, 0.29) is 0 Å². The van der Waals surface area contributed by atoms with Gasteiger partial charge in [0.15, 0.2) is 0 Å². The van der Waals surface area contributed by atoms with Gasteiger partial charge in [0.2, 0.25) is 0 Å². The second-order valence-corrected chi connectivity index (χ2v) is 7.90. The molecular formula is C13H10F3O3SSi. The number of halogens is 3. The summed E-state index contributed by atoms with van der Waals surface area (Å²) in [6.07, 6.45) is 0. The lowest BCUT2D eigenvalue weighted by atomic mass is 10.4. The Morgan fingerprint density at radius 2 is 1.19 bits per heavy atom. The zero-order valence-electron chi connectivity index (χ0n) is 10.5. The highest BCUT2D eigenvalue weighted by Crippen LogP contribution is 2.25. The molecule has 0 aliphatic heterocycles. The van der Waals surface area contributed by atoms with Gasteiger partial charge in [-0.15, -0.1) is 0 Å². The molecule has 0 saturated heterocycles. The van der Waals surface area contributed by atoms with Crippen LogP contribution in [0.4, 0.5) is 13.2 Å². The molecule has 3 nitrogen and oxygen atoms in total. The first kappa shape index (κ1) is 15.7. The molecule has 2 rings (SSSR count). The predicted molar refractivity (Wildman–Crippen MR) is 74.0 cm³/mol. The van der Waals surface area contributed by atoms with E-state index in [1.807, 2.05) is 0 Å². The van der Waals surface area contributed by atoms with Gasteiger partial charge in [-0.25, -0.2) is 0 Å². The highest BCUT2D eigenvalue weighted by Gasteiger charge is 2.49. The molecule has 0 aromatic heterocycles. The Morgan fingerprint density at radius 1 is 0.810 bits per heavy atom. The van der Waals surface area contributed by atoms with Crippen LogP contribution in [0, 0.1) is 0 Å². The first-order valence-corrected chi connectivity index (χ1v) is 8.61. The smallest absolute Gasteiger partial charge is 0.296 e. The molecule has 0 spiro atoms. The summed E-state index contributed by atoms with van der Waals surface area (Å²) in [7, 11) is -8.20. The van der Waals surface area contributed by atoms with Crippen molar-refractivity contribution in [2.45, 2.75) is 5.51 Å². The summed E-state index contributed by atoms with van der Waals surface area (Å²) >= 11 is 0. The SMILES string of the molecule is O=S(=O)(O[Si](c1ccccc1)c1ccccc1)C(F)(F)F. The van der Waals surface area contributed by atoms with Gasteiger partial charge in [0.1, 0.15) is 0 Å². The molecule has 8 heteroatoms. The number of benzene rings is 2. The Balaban J connectivity index is 2.44. The van der Waals surface area contributed by atoms with Crippen LogP contribution in [0.2, 0.25) is 0 Å². The maximum absolute atomic E-state index is 12.5. The average molecular weight is 331 g/mol. The van der Waals surface area contributed by atoms with Crippen LogP contribution in [-0.2, 0) is 14.0 Å². The lowest BCUT2D eigenvalue weighted by Gasteiger charge is -2.17. The van der Waals surface area contributed by atoms with Gasteiger partial charge < -0.3 is 0 Å². The van der Waals surface area contributed by atoms with E-state index in [9.17, 15) is 21.6 Å². The Kier molecular flexibility index (Phi) is 4.50. The molecule has 0 amide bonds. The van der Waals surface area contributed by atoms with Crippen molar-refractivity contribution in [1.29, 1.82) is 0 Å². The molecule has 0 heterocycles. The first-order chi connectivity index (χ1) is 9.81. The highest BCUT2D eigenvalue weighted by atomic mass is 32.2. The number of hydrogen-bond acceptors (Lipinski definition) is 3. The van der Waals surface area contributed by atoms with Crippen molar-refractivity contribution in [3.8, 4) is 0 Å². The van der Waals surface area contributed by atoms with Crippen molar-refractivity contribution in [3.63, 3.8) is 0 Å². The third kappa shape index (κ3) is 3.72. The van der Waals surface area contributed by atoms with Crippen molar-refractivity contribution in [1.82, 2.24) is 0 Å². The second kappa shape index (κ2) is 6.00. The zero-order valence-corrected chi connectivity index (χ0v) is 12.4. The molecule has 0 unspecified atom stereocenters. The molecule has 0 fully saturated rings. The van der Waals surface area contributed by atoms with Crippen LogP contribution in [0.25, 0.3) is 0 Å². The molecule has 0 atom stereocenters. The Morgan fingerprint density at radius 3 is 1.52 bits per heavy atom. The fraction of sp³-hybridized carbons (Fsp3) is 0.0769. The molecule has 21 heavy (non-hydrogen) atoms. The molecule has 2 aromatic carbocycles. The fourth-order valence-electron chi connectivity index (χ4n) is 1.60. The first-order valence-electron chi connectivity index (χ1n) is 5.80. The van der Waals surface area contributed by atoms with Gasteiger partial charge in [-0.1, -0.05) is 60.7 Å². The van der Waals surface area contributed by atoms with Gasteiger partial charge in [-0.05, 0) is 10.4 Å². The van der Waals surface area contributed by atoms with E-state index in [4.69, 9.17) is 0 Å². The van der Waals surface area contributed by atoms with Crippen molar-refractivity contribution in [2.24, 2.45) is 0 Å². The summed E-state index contributed by atoms with van der Waals surface area (Å²) in [4.78, 5) is 0. The highest BCUT2D eigenvalue weighted by molar-refractivity contribution is 7.88. The molecule has 0 bridgehead atoms. The minimum Gasteiger partial charge on any atom is -0.296 e. The standard InChI is InChI=1S/C13H10F3O3SSi/c14-13(15,16)20(17,18)19-21(11-7-3-1-4-8-11)12-9-5-2-6-10-12/h1-10H. The third-order valence-electron chi connectivity index (χ3n) is 2.55. The quantitative estimate of drug-likeness (QED) is 0.632. The monoisotopic (exact) mass is 331 g/mol. The molecular weight excluding hydrogens is 321 g/mol. The molecule has 1 radical (unpaired) electrons. The van der Waals surface area contributed by atoms with E-state index >= 15 is 0 Å². The lowest BCUT2D eigenvalue weighted by molar-refractivity contribution is -0.0500. The lowest BCUT2D eigenvalue weighted by Crippen LogP contribution is -2.48. The van der Waals surface area contributed by atoms with Gasteiger partial charge in [0.05, 0.1) is 0 Å². The summed E-state index contributed by atoms with van der Waals surface area (Å²) in [5, 5.41) is 0.836. The topological polar surface area (TPSA) is 43.4 Å². The van der Waals surface area contributed by atoms with Crippen LogP contribution in [0.5, 0.6) is 0 Å². The van der Waals surface area contributed by atoms with Crippen molar-refractivity contribution in [3.05, 3.63) is 60.7 Å². The molecule has 2 aromatic rings. The summed E-state index contributed by atoms with van der Waals surface area (Å²) in [5.41, 5.74) is -5.44. The van der Waals surface area contributed by atoms with Crippen LogP contribution in [0.15, 0.2) is 60.7 Å². The van der Waals surface area contributed by atoms with Crippen molar-refractivity contribution in [2.75, 3.05) is 0 Å². The van der Waals surface area contributed by atoms with E-state index in [1.165, 1.54) is 0 Å². The van der Waals surface area contributed by atoms with Gasteiger partial charge >= 0.3 is 24.7 Å². The van der Waals surface area contributed by atoms with E-state index in [1.54, 1.807) is 60.7 Å². The maximum atomic E-state index is 12.5. The van der Waals surface area contributed by atoms with Gasteiger partial charge in [0, 0.05) is 0 Å². The third-order valence-corrected chi connectivity index (χ3v) is 6.38. The number of rotatable bonds is 4. The molecule has 0 aliphatic carbocycles. The Labute approximate surface area is 121 Å². The molecule has 0 N–H and O–H groups in total. The van der Waals surface area contributed by atoms with Crippen molar-refractivity contribution >= 4 is 29.5 Å². The summed E-state index contributed by atoms with van der Waals surface area (Å²) in [5.74, 6) is 0. The number of alkyl halides is 3.